The fraction of sp³-hybridized carbons (Fsp3) is 0.700. The molecule has 0 saturated carbocycles. The normalized spacial score (nSPS) is 11.9. The Morgan fingerprint density at radius 3 is 2.56 bits per heavy atom. The summed E-state index contributed by atoms with van der Waals surface area (Å²) in [6, 6.07) is 0. The van der Waals surface area contributed by atoms with Crippen LogP contribution in [0.4, 0.5) is 18.3 Å². The Morgan fingerprint density at radius 2 is 2.11 bits per heavy atom. The van der Waals surface area contributed by atoms with E-state index in [2.05, 4.69) is 4.98 Å². The van der Waals surface area contributed by atoms with Gasteiger partial charge in [-0.3, -0.25) is 0 Å². The molecule has 2 N–H and O–H groups in total. The lowest BCUT2D eigenvalue weighted by atomic mass is 10.4. The van der Waals surface area contributed by atoms with Crippen LogP contribution in [0, 0.1) is 0 Å². The molecule has 1 aromatic rings. The Balaban J connectivity index is 2.92. The Labute approximate surface area is 108 Å². The zero-order valence-electron chi connectivity index (χ0n) is 10.3. The van der Waals surface area contributed by atoms with Gasteiger partial charge in [0.2, 0.25) is 0 Å². The molecule has 0 radical (unpaired) electrons. The first-order valence-electron chi connectivity index (χ1n) is 5.40. The second kappa shape index (κ2) is 6.35. The van der Waals surface area contributed by atoms with Crippen molar-refractivity contribution < 1.29 is 17.9 Å². The molecule has 0 bridgehead atoms. The Kier molecular flexibility index (Phi) is 5.36. The standard InChI is InChI=1S/C10H16F3N3OS/c1-3-16(6-10(11,12)13)9-15-7(5-17-2)8(4-14)18-9/h3-6,14H2,1-2H3. The van der Waals surface area contributed by atoms with E-state index in [1.54, 1.807) is 6.92 Å². The number of halogens is 3. The number of hydrogen-bond donors (Lipinski definition) is 1. The first kappa shape index (κ1) is 15.2. The number of aromatic nitrogens is 1. The van der Waals surface area contributed by atoms with E-state index in [9.17, 15) is 13.2 Å². The third-order valence-corrected chi connectivity index (χ3v) is 3.44. The highest BCUT2D eigenvalue weighted by atomic mass is 32.1. The Morgan fingerprint density at radius 1 is 1.44 bits per heavy atom. The van der Waals surface area contributed by atoms with Crippen molar-refractivity contribution in [3.8, 4) is 0 Å². The number of anilines is 1. The van der Waals surface area contributed by atoms with Crippen LogP contribution in [-0.2, 0) is 17.9 Å². The lowest BCUT2D eigenvalue weighted by molar-refractivity contribution is -0.119. The summed E-state index contributed by atoms with van der Waals surface area (Å²) in [5, 5.41) is 0.335. The predicted octanol–water partition coefficient (Wildman–Crippen LogP) is 2.14. The van der Waals surface area contributed by atoms with E-state index in [-0.39, 0.29) is 19.7 Å². The van der Waals surface area contributed by atoms with Crippen molar-refractivity contribution in [1.82, 2.24) is 4.98 Å². The second-order valence-electron chi connectivity index (χ2n) is 3.63. The van der Waals surface area contributed by atoms with Crippen LogP contribution >= 0.6 is 11.3 Å². The van der Waals surface area contributed by atoms with Crippen molar-refractivity contribution in [1.29, 1.82) is 0 Å². The van der Waals surface area contributed by atoms with Gasteiger partial charge in [-0.25, -0.2) is 4.98 Å². The average molecular weight is 283 g/mol. The van der Waals surface area contributed by atoms with Gasteiger partial charge in [0.1, 0.15) is 6.54 Å². The Bertz CT molecular complexity index is 381. The molecule has 104 valence electrons. The summed E-state index contributed by atoms with van der Waals surface area (Å²) in [5.74, 6) is 0. The monoisotopic (exact) mass is 283 g/mol. The minimum atomic E-state index is -4.24. The van der Waals surface area contributed by atoms with Crippen LogP contribution in [0.2, 0.25) is 0 Å². The van der Waals surface area contributed by atoms with Crippen LogP contribution in [0.1, 0.15) is 17.5 Å². The number of rotatable bonds is 6. The maximum Gasteiger partial charge on any atom is 0.406 e. The zero-order chi connectivity index (χ0) is 13.8. The molecule has 1 rings (SSSR count). The van der Waals surface area contributed by atoms with E-state index in [0.29, 0.717) is 10.8 Å². The topological polar surface area (TPSA) is 51.4 Å². The molecular weight excluding hydrogens is 267 g/mol. The van der Waals surface area contributed by atoms with Crippen molar-refractivity contribution in [2.75, 3.05) is 25.1 Å². The highest BCUT2D eigenvalue weighted by Crippen LogP contribution is 2.29. The summed E-state index contributed by atoms with van der Waals surface area (Å²) in [4.78, 5) is 6.11. The molecule has 0 atom stereocenters. The maximum absolute atomic E-state index is 12.4. The zero-order valence-corrected chi connectivity index (χ0v) is 11.1. The molecule has 4 nitrogen and oxygen atoms in total. The highest BCUT2D eigenvalue weighted by Gasteiger charge is 2.31. The Hall–Kier alpha value is -0.860. The van der Waals surface area contributed by atoms with E-state index >= 15 is 0 Å². The van der Waals surface area contributed by atoms with Gasteiger partial charge in [0.15, 0.2) is 5.13 Å². The van der Waals surface area contributed by atoms with Gasteiger partial charge in [0, 0.05) is 25.1 Å². The third-order valence-electron chi connectivity index (χ3n) is 2.26. The van der Waals surface area contributed by atoms with Crippen LogP contribution in [0.3, 0.4) is 0 Å². The molecular formula is C10H16F3N3OS. The molecule has 0 unspecified atom stereocenters. The molecule has 0 fully saturated rings. The third kappa shape index (κ3) is 4.11. The summed E-state index contributed by atoms with van der Waals surface area (Å²) in [6.07, 6.45) is -4.24. The number of thiazole rings is 1. The van der Waals surface area contributed by atoms with Crippen LogP contribution in [-0.4, -0.2) is 31.4 Å². The van der Waals surface area contributed by atoms with Crippen LogP contribution < -0.4 is 10.6 Å². The van der Waals surface area contributed by atoms with Gasteiger partial charge < -0.3 is 15.4 Å². The first-order valence-corrected chi connectivity index (χ1v) is 6.22. The van der Waals surface area contributed by atoms with Gasteiger partial charge in [-0.1, -0.05) is 0 Å². The molecule has 0 aliphatic carbocycles. The van der Waals surface area contributed by atoms with Crippen molar-refractivity contribution in [2.24, 2.45) is 5.73 Å². The van der Waals surface area contributed by atoms with Crippen LogP contribution in [0.15, 0.2) is 0 Å². The molecule has 0 aromatic carbocycles. The highest BCUT2D eigenvalue weighted by molar-refractivity contribution is 7.15. The molecule has 0 aliphatic heterocycles. The molecule has 1 aromatic heterocycles. The van der Waals surface area contributed by atoms with E-state index in [1.165, 1.54) is 23.3 Å². The summed E-state index contributed by atoms with van der Waals surface area (Å²) in [6.45, 7) is 1.40. The van der Waals surface area contributed by atoms with Gasteiger partial charge in [-0.15, -0.1) is 11.3 Å². The number of nitrogens with two attached hydrogens (primary N) is 1. The fourth-order valence-corrected chi connectivity index (χ4v) is 2.45. The van der Waals surface area contributed by atoms with Crippen molar-refractivity contribution in [2.45, 2.75) is 26.3 Å². The molecule has 18 heavy (non-hydrogen) atoms. The molecule has 0 spiro atoms. The largest absolute Gasteiger partial charge is 0.406 e. The molecule has 8 heteroatoms. The first-order chi connectivity index (χ1) is 8.41. The quantitative estimate of drug-likeness (QED) is 0.869. The van der Waals surface area contributed by atoms with Gasteiger partial charge in [0.25, 0.3) is 0 Å². The lowest BCUT2D eigenvalue weighted by Gasteiger charge is -2.21. The van der Waals surface area contributed by atoms with Gasteiger partial charge >= 0.3 is 6.18 Å². The molecule has 0 amide bonds. The number of hydrogen-bond acceptors (Lipinski definition) is 5. The smallest absolute Gasteiger partial charge is 0.378 e. The molecule has 0 aliphatic rings. The van der Waals surface area contributed by atoms with Gasteiger partial charge in [-0.05, 0) is 6.92 Å². The average Bonchev–Trinajstić information content (AvgIpc) is 2.68. The SMILES string of the molecule is CCN(CC(F)(F)F)c1nc(COC)c(CN)s1. The minimum absolute atomic E-state index is 0.240. The van der Waals surface area contributed by atoms with Gasteiger partial charge in [-0.2, -0.15) is 13.2 Å². The predicted molar refractivity (Wildman–Crippen MR) is 64.7 cm³/mol. The number of ether oxygens (including phenoxy) is 1. The minimum Gasteiger partial charge on any atom is -0.378 e. The van der Waals surface area contributed by atoms with E-state index < -0.39 is 12.7 Å². The molecule has 1 heterocycles. The second-order valence-corrected chi connectivity index (χ2v) is 4.69. The number of alkyl halides is 3. The number of nitrogens with zero attached hydrogens (tertiary/aromatic N) is 2. The van der Waals surface area contributed by atoms with Gasteiger partial charge in [0.05, 0.1) is 12.3 Å². The van der Waals surface area contributed by atoms with Crippen molar-refractivity contribution in [3.05, 3.63) is 10.6 Å². The summed E-state index contributed by atoms with van der Waals surface area (Å²) in [7, 11) is 1.51. The maximum atomic E-state index is 12.4. The van der Waals surface area contributed by atoms with E-state index in [0.717, 1.165) is 4.88 Å². The van der Waals surface area contributed by atoms with Crippen molar-refractivity contribution in [3.63, 3.8) is 0 Å². The van der Waals surface area contributed by atoms with Crippen LogP contribution in [0.5, 0.6) is 0 Å². The fourth-order valence-electron chi connectivity index (χ4n) is 1.45. The van der Waals surface area contributed by atoms with E-state index in [1.807, 2.05) is 0 Å². The lowest BCUT2D eigenvalue weighted by Crippen LogP contribution is -2.34. The van der Waals surface area contributed by atoms with Crippen molar-refractivity contribution >= 4 is 16.5 Å². The molecule has 0 saturated heterocycles. The summed E-state index contributed by atoms with van der Waals surface area (Å²) < 4.78 is 42.2. The summed E-state index contributed by atoms with van der Waals surface area (Å²) in [5.41, 5.74) is 6.15. The summed E-state index contributed by atoms with van der Waals surface area (Å²) >= 11 is 1.18. The number of methoxy groups -OCH3 is 1. The van der Waals surface area contributed by atoms with Crippen LogP contribution in [0.25, 0.3) is 0 Å². The van der Waals surface area contributed by atoms with E-state index in [4.69, 9.17) is 10.5 Å².